The molecule has 0 aromatic rings. The predicted molar refractivity (Wildman–Crippen MR) is 62.1 cm³/mol. The van der Waals surface area contributed by atoms with Crippen LogP contribution in [0.3, 0.4) is 0 Å². The number of nitrogens with zero attached hydrogens (tertiary/aromatic N) is 1. The third-order valence-electron chi connectivity index (χ3n) is 3.09. The molecule has 0 amide bonds. The highest BCUT2D eigenvalue weighted by molar-refractivity contribution is 5.76. The Morgan fingerprint density at radius 2 is 2.27 bits per heavy atom. The Morgan fingerprint density at radius 1 is 1.47 bits per heavy atom. The predicted octanol–water partition coefficient (Wildman–Crippen LogP) is 0.939. The summed E-state index contributed by atoms with van der Waals surface area (Å²) in [7, 11) is 0. The molecule has 4 heteroatoms. The Balaban J connectivity index is 2.17. The van der Waals surface area contributed by atoms with Gasteiger partial charge in [-0.05, 0) is 45.2 Å². The number of hydrogen-bond donors (Lipinski definition) is 3. The first kappa shape index (κ1) is 12.5. The van der Waals surface area contributed by atoms with E-state index in [9.17, 15) is 0 Å². The summed E-state index contributed by atoms with van der Waals surface area (Å²) in [5.74, 6) is 0.293. The number of likely N-dealkylation sites (tertiary alicyclic amines) is 1. The third-order valence-corrected chi connectivity index (χ3v) is 3.09. The molecule has 0 radical (unpaired) electrons. The van der Waals surface area contributed by atoms with Crippen molar-refractivity contribution in [2.24, 2.45) is 5.73 Å². The van der Waals surface area contributed by atoms with Gasteiger partial charge in [0.1, 0.15) is 0 Å². The lowest BCUT2D eigenvalue weighted by molar-refractivity contribution is 0.215. The number of rotatable bonds is 7. The number of amidine groups is 1. The molecule has 0 aliphatic carbocycles. The van der Waals surface area contributed by atoms with Gasteiger partial charge in [-0.3, -0.25) is 5.41 Å². The monoisotopic (exact) mass is 213 g/mol. The van der Waals surface area contributed by atoms with Crippen molar-refractivity contribution in [2.75, 3.05) is 19.7 Å². The zero-order valence-electron chi connectivity index (χ0n) is 9.41. The molecule has 1 rings (SSSR count). The SMILES string of the molecule is N=C(N)CCCN1CCCC1CCCO. The average molecular weight is 213 g/mol. The summed E-state index contributed by atoms with van der Waals surface area (Å²) >= 11 is 0. The van der Waals surface area contributed by atoms with Crippen molar-refractivity contribution in [1.82, 2.24) is 4.90 Å². The van der Waals surface area contributed by atoms with E-state index in [0.717, 1.165) is 25.8 Å². The number of hydrogen-bond acceptors (Lipinski definition) is 3. The molecule has 1 heterocycles. The first-order valence-electron chi connectivity index (χ1n) is 5.92. The lowest BCUT2D eigenvalue weighted by Gasteiger charge is -2.24. The Hall–Kier alpha value is -0.610. The molecular weight excluding hydrogens is 190 g/mol. The molecule has 0 aromatic carbocycles. The normalized spacial score (nSPS) is 22.1. The Bertz CT molecular complexity index is 196. The fourth-order valence-corrected chi connectivity index (χ4v) is 2.32. The van der Waals surface area contributed by atoms with Crippen molar-refractivity contribution in [1.29, 1.82) is 5.41 Å². The number of nitrogens with two attached hydrogens (primary N) is 1. The topological polar surface area (TPSA) is 73.3 Å². The van der Waals surface area contributed by atoms with E-state index < -0.39 is 0 Å². The van der Waals surface area contributed by atoms with Crippen LogP contribution in [0.4, 0.5) is 0 Å². The van der Waals surface area contributed by atoms with E-state index in [2.05, 4.69) is 4.90 Å². The lowest BCUT2D eigenvalue weighted by Crippen LogP contribution is -2.31. The van der Waals surface area contributed by atoms with Crippen LogP contribution in [-0.2, 0) is 0 Å². The van der Waals surface area contributed by atoms with Crippen LogP contribution in [0.15, 0.2) is 0 Å². The maximum atomic E-state index is 8.80. The van der Waals surface area contributed by atoms with Crippen molar-refractivity contribution in [3.8, 4) is 0 Å². The molecule has 0 saturated carbocycles. The van der Waals surface area contributed by atoms with E-state index in [1.54, 1.807) is 0 Å². The highest BCUT2D eigenvalue weighted by atomic mass is 16.2. The van der Waals surface area contributed by atoms with Crippen LogP contribution in [0.1, 0.15) is 38.5 Å². The zero-order chi connectivity index (χ0) is 11.1. The minimum absolute atomic E-state index is 0.293. The Kier molecular flexibility index (Phi) is 5.65. The van der Waals surface area contributed by atoms with Gasteiger partial charge in [-0.15, -0.1) is 0 Å². The maximum Gasteiger partial charge on any atom is 0.0905 e. The van der Waals surface area contributed by atoms with Crippen LogP contribution in [0.5, 0.6) is 0 Å². The van der Waals surface area contributed by atoms with Crippen molar-refractivity contribution in [3.05, 3.63) is 0 Å². The summed E-state index contributed by atoms with van der Waals surface area (Å²) in [4.78, 5) is 2.48. The van der Waals surface area contributed by atoms with E-state index in [-0.39, 0.29) is 0 Å². The minimum Gasteiger partial charge on any atom is -0.396 e. The summed E-state index contributed by atoms with van der Waals surface area (Å²) < 4.78 is 0. The average Bonchev–Trinajstić information content (AvgIpc) is 2.62. The fourth-order valence-electron chi connectivity index (χ4n) is 2.32. The van der Waals surface area contributed by atoms with Crippen LogP contribution in [-0.4, -0.2) is 41.6 Å². The van der Waals surface area contributed by atoms with Crippen LogP contribution in [0.2, 0.25) is 0 Å². The first-order chi connectivity index (χ1) is 7.24. The van der Waals surface area contributed by atoms with E-state index in [0.29, 0.717) is 24.9 Å². The van der Waals surface area contributed by atoms with Gasteiger partial charge < -0.3 is 15.7 Å². The summed E-state index contributed by atoms with van der Waals surface area (Å²) in [5, 5.41) is 16.0. The molecule has 1 atom stereocenters. The molecule has 0 spiro atoms. The molecule has 15 heavy (non-hydrogen) atoms. The molecule has 0 bridgehead atoms. The molecule has 4 nitrogen and oxygen atoms in total. The first-order valence-corrected chi connectivity index (χ1v) is 5.92. The Labute approximate surface area is 92.0 Å². The van der Waals surface area contributed by atoms with Crippen LogP contribution in [0, 0.1) is 5.41 Å². The summed E-state index contributed by atoms with van der Waals surface area (Å²) in [5.41, 5.74) is 5.32. The quantitative estimate of drug-likeness (QED) is 0.435. The van der Waals surface area contributed by atoms with E-state index in [1.807, 2.05) is 0 Å². The van der Waals surface area contributed by atoms with Gasteiger partial charge in [-0.2, -0.15) is 0 Å². The molecule has 88 valence electrons. The number of aliphatic hydroxyl groups excluding tert-OH is 1. The van der Waals surface area contributed by atoms with Gasteiger partial charge in [0.15, 0.2) is 0 Å². The van der Waals surface area contributed by atoms with Gasteiger partial charge in [-0.25, -0.2) is 0 Å². The second-order valence-corrected chi connectivity index (χ2v) is 4.33. The summed E-state index contributed by atoms with van der Waals surface area (Å²) in [6.07, 6.45) is 6.26. The standard InChI is InChI=1S/C11H23N3O/c12-11(13)6-2-8-14-7-1-4-10(14)5-3-9-15/h10,15H,1-9H2,(H3,12,13). The molecule has 1 unspecified atom stereocenters. The smallest absolute Gasteiger partial charge is 0.0905 e. The molecule has 1 aliphatic rings. The minimum atomic E-state index is 0.293. The lowest BCUT2D eigenvalue weighted by atomic mass is 10.1. The van der Waals surface area contributed by atoms with Crippen molar-refractivity contribution in [3.63, 3.8) is 0 Å². The van der Waals surface area contributed by atoms with Gasteiger partial charge in [-0.1, -0.05) is 0 Å². The third kappa shape index (κ3) is 4.62. The van der Waals surface area contributed by atoms with E-state index >= 15 is 0 Å². The van der Waals surface area contributed by atoms with E-state index in [4.69, 9.17) is 16.2 Å². The molecular formula is C11H23N3O. The van der Waals surface area contributed by atoms with Gasteiger partial charge in [0.05, 0.1) is 5.84 Å². The second kappa shape index (κ2) is 6.80. The van der Waals surface area contributed by atoms with Crippen LogP contribution >= 0.6 is 0 Å². The van der Waals surface area contributed by atoms with Crippen molar-refractivity contribution >= 4 is 5.84 Å². The van der Waals surface area contributed by atoms with Gasteiger partial charge in [0, 0.05) is 19.1 Å². The van der Waals surface area contributed by atoms with E-state index in [1.165, 1.54) is 19.4 Å². The summed E-state index contributed by atoms with van der Waals surface area (Å²) in [6, 6.07) is 0.657. The van der Waals surface area contributed by atoms with Gasteiger partial charge in [0.25, 0.3) is 0 Å². The molecule has 1 aliphatic heterocycles. The molecule has 0 aromatic heterocycles. The largest absolute Gasteiger partial charge is 0.396 e. The van der Waals surface area contributed by atoms with Crippen molar-refractivity contribution in [2.45, 2.75) is 44.6 Å². The van der Waals surface area contributed by atoms with Crippen LogP contribution < -0.4 is 5.73 Å². The highest BCUT2D eigenvalue weighted by Crippen LogP contribution is 2.21. The van der Waals surface area contributed by atoms with Crippen LogP contribution in [0.25, 0.3) is 0 Å². The Morgan fingerprint density at radius 3 is 2.93 bits per heavy atom. The number of nitrogens with one attached hydrogen (secondary N) is 1. The van der Waals surface area contributed by atoms with Crippen molar-refractivity contribution < 1.29 is 5.11 Å². The second-order valence-electron chi connectivity index (χ2n) is 4.33. The zero-order valence-corrected chi connectivity index (χ0v) is 9.41. The van der Waals surface area contributed by atoms with Gasteiger partial charge in [0.2, 0.25) is 0 Å². The summed E-state index contributed by atoms with van der Waals surface area (Å²) in [6.45, 7) is 2.53. The maximum absolute atomic E-state index is 8.80. The molecule has 4 N–H and O–H groups in total. The van der Waals surface area contributed by atoms with Gasteiger partial charge >= 0.3 is 0 Å². The molecule has 1 saturated heterocycles. The highest BCUT2D eigenvalue weighted by Gasteiger charge is 2.22. The molecule has 1 fully saturated rings. The fraction of sp³-hybridized carbons (Fsp3) is 0.909. The number of aliphatic hydroxyl groups is 1.